The molecule has 0 atom stereocenters. The molecule has 11 aromatic carbocycles. The number of ether oxygens (including phenoxy) is 2. The van der Waals surface area contributed by atoms with E-state index in [1.807, 2.05) is 0 Å². The zero-order valence-corrected chi connectivity index (χ0v) is 55.9. The second-order valence-corrected chi connectivity index (χ2v) is 30.7. The largest absolute Gasteiger partial charge is 0.456 e. The van der Waals surface area contributed by atoms with Gasteiger partial charge in [-0.15, -0.1) is 0 Å². The van der Waals surface area contributed by atoms with Crippen LogP contribution in [0.1, 0.15) is 130 Å². The molecule has 1 aromatic heterocycles. The van der Waals surface area contributed by atoms with Crippen LogP contribution in [0.25, 0.3) is 72.0 Å². The Morgan fingerprint density at radius 1 is 0.337 bits per heavy atom. The highest BCUT2D eigenvalue weighted by Crippen LogP contribution is 2.52. The van der Waals surface area contributed by atoms with E-state index in [1.54, 1.807) is 0 Å². The number of hydrogen-bond acceptors (Lipinski definition) is 3. The summed E-state index contributed by atoms with van der Waals surface area (Å²) in [6.45, 7) is 31.6. The SMILES string of the molecule is CCc1ccc2c(c1)B1c3cc(-c4ccc(C(C)(C)C)cc4)ccc3N(c3ccc(-c4ccc(C(C)(C)C)cc4)cc3)c3c4c5c(c(c31)O2)-n1c2ccc(-c3ccc(C(C)(C)C)cc3)cc2c2cc(-c3ccc(C(C)(C)C)cc3)cc(c21)B5c1cc(CC)ccc1O4. The van der Waals surface area contributed by atoms with Crippen molar-refractivity contribution >= 4 is 85.1 Å². The smallest absolute Gasteiger partial charge is 0.256 e. The van der Waals surface area contributed by atoms with Gasteiger partial charge in [0.25, 0.3) is 13.4 Å². The fourth-order valence-corrected chi connectivity index (χ4v) is 15.3. The van der Waals surface area contributed by atoms with Crippen LogP contribution in [0.4, 0.5) is 17.1 Å². The van der Waals surface area contributed by atoms with E-state index in [1.165, 1.54) is 116 Å². The average Bonchev–Trinajstić information content (AvgIpc) is 1.17. The molecule has 0 aliphatic carbocycles. The fourth-order valence-electron chi connectivity index (χ4n) is 15.3. The molecule has 4 aliphatic rings. The topological polar surface area (TPSA) is 26.6 Å². The van der Waals surface area contributed by atoms with E-state index in [-0.39, 0.29) is 35.1 Å². The number of rotatable bonds is 7. The monoisotopic (exact) mass is 1190 g/mol. The lowest BCUT2D eigenvalue weighted by Gasteiger charge is -2.45. The van der Waals surface area contributed by atoms with E-state index >= 15 is 0 Å². The van der Waals surface area contributed by atoms with Crippen molar-refractivity contribution in [2.24, 2.45) is 0 Å². The van der Waals surface area contributed by atoms with E-state index in [9.17, 15) is 0 Å². The Bertz CT molecular complexity index is 5000. The first-order valence-corrected chi connectivity index (χ1v) is 33.5. The number of benzene rings is 11. The van der Waals surface area contributed by atoms with Crippen molar-refractivity contribution < 1.29 is 9.47 Å². The molecule has 92 heavy (non-hydrogen) atoms. The number of nitrogens with zero attached hydrogens (tertiary/aromatic N) is 2. The van der Waals surface area contributed by atoms with Crippen molar-refractivity contribution in [3.05, 3.63) is 240 Å². The zero-order valence-electron chi connectivity index (χ0n) is 55.9. The van der Waals surface area contributed by atoms with E-state index in [0.29, 0.717) is 0 Å². The molecule has 16 rings (SSSR count). The first kappa shape index (κ1) is 57.9. The Kier molecular flexibility index (Phi) is 13.0. The van der Waals surface area contributed by atoms with Gasteiger partial charge in [-0.05, 0) is 183 Å². The van der Waals surface area contributed by atoms with E-state index in [2.05, 4.69) is 313 Å². The Labute approximate surface area is 545 Å². The number of fused-ring (bicyclic) bond motifs is 13. The lowest BCUT2D eigenvalue weighted by molar-refractivity contribution is 0.474. The number of aryl methyl sites for hydroxylation is 2. The van der Waals surface area contributed by atoms with Gasteiger partial charge in [-0.3, -0.25) is 0 Å². The van der Waals surface area contributed by atoms with Crippen molar-refractivity contribution in [2.75, 3.05) is 4.90 Å². The van der Waals surface area contributed by atoms with Gasteiger partial charge in [-0.25, -0.2) is 0 Å². The van der Waals surface area contributed by atoms with Crippen LogP contribution in [-0.4, -0.2) is 18.0 Å². The highest BCUT2D eigenvalue weighted by atomic mass is 16.5. The summed E-state index contributed by atoms with van der Waals surface area (Å²) in [4.78, 5) is 2.53. The van der Waals surface area contributed by atoms with Crippen molar-refractivity contribution in [3.8, 4) is 73.2 Å². The van der Waals surface area contributed by atoms with Crippen LogP contribution in [0.2, 0.25) is 0 Å². The molecule has 0 saturated carbocycles. The van der Waals surface area contributed by atoms with Crippen LogP contribution in [0.3, 0.4) is 0 Å². The second kappa shape index (κ2) is 20.6. The lowest BCUT2D eigenvalue weighted by atomic mass is 9.31. The van der Waals surface area contributed by atoms with Gasteiger partial charge >= 0.3 is 0 Å². The molecule has 4 nitrogen and oxygen atoms in total. The minimum atomic E-state index is -0.222. The Hall–Kier alpha value is -9.25. The number of hydrogen-bond donors (Lipinski definition) is 0. The summed E-state index contributed by atoms with van der Waals surface area (Å²) >= 11 is 0. The molecule has 452 valence electrons. The van der Waals surface area contributed by atoms with Gasteiger partial charge < -0.3 is 18.9 Å². The van der Waals surface area contributed by atoms with E-state index in [4.69, 9.17) is 9.47 Å². The second-order valence-electron chi connectivity index (χ2n) is 30.7. The van der Waals surface area contributed by atoms with Crippen LogP contribution in [0.15, 0.2) is 206 Å². The van der Waals surface area contributed by atoms with Gasteiger partial charge in [-0.1, -0.05) is 255 Å². The normalized spacial score (nSPS) is 13.7. The van der Waals surface area contributed by atoms with E-state index in [0.717, 1.165) is 75.0 Å². The van der Waals surface area contributed by atoms with Gasteiger partial charge in [0.2, 0.25) is 0 Å². The third-order valence-electron chi connectivity index (χ3n) is 20.7. The Morgan fingerprint density at radius 3 is 1.20 bits per heavy atom. The van der Waals surface area contributed by atoms with Crippen molar-refractivity contribution in [3.63, 3.8) is 0 Å². The van der Waals surface area contributed by atoms with Crippen LogP contribution in [0, 0.1) is 0 Å². The average molecular weight is 1200 g/mol. The maximum Gasteiger partial charge on any atom is 0.256 e. The first-order valence-electron chi connectivity index (χ1n) is 33.5. The summed E-state index contributed by atoms with van der Waals surface area (Å²) in [5.41, 5.74) is 31.1. The third-order valence-corrected chi connectivity index (χ3v) is 20.7. The molecule has 5 heterocycles. The molecule has 0 bridgehead atoms. The predicted molar refractivity (Wildman–Crippen MR) is 393 cm³/mol. The van der Waals surface area contributed by atoms with Gasteiger partial charge in [-0.2, -0.15) is 0 Å². The van der Waals surface area contributed by atoms with Crippen molar-refractivity contribution in [1.29, 1.82) is 0 Å². The summed E-state index contributed by atoms with van der Waals surface area (Å²) in [5.74, 6) is 3.52. The summed E-state index contributed by atoms with van der Waals surface area (Å²) in [7, 11) is 0. The minimum Gasteiger partial charge on any atom is -0.456 e. The minimum absolute atomic E-state index is 0.0149. The molecular formula is C86H80B2N2O2. The van der Waals surface area contributed by atoms with Crippen LogP contribution in [-0.2, 0) is 34.5 Å². The number of aromatic nitrogens is 1. The van der Waals surface area contributed by atoms with Crippen LogP contribution in [0.5, 0.6) is 23.0 Å². The standard InChI is InChI=1S/C86H80B2N2O2/c1-15-51-17-43-74-69(45-51)87-68-49-59(56-23-35-63(36-24-56)85(9,10)11)30-42-73(68)89(65-39-27-54(28-40-65)53-19-31-61(32-20-53)83(3,4)5)79-76(87)82(92-74)80-77-81(79)91-75-44-18-52(16-2)46-70(75)88(77)71-50-60(57-25-37-64(38-26-57)86(12,13)14)48-67-66-47-58(29-41-72(66)90(80)78(67)71)55-21-33-62(34-22-55)84(6,7)8/h17-50H,15-16H2,1-14H3. The molecule has 0 N–H and O–H groups in total. The van der Waals surface area contributed by atoms with Gasteiger partial charge in [0.15, 0.2) is 0 Å². The lowest BCUT2D eigenvalue weighted by Crippen LogP contribution is -2.63. The third kappa shape index (κ3) is 9.16. The van der Waals surface area contributed by atoms with Gasteiger partial charge in [0.05, 0.1) is 16.9 Å². The highest BCUT2D eigenvalue weighted by Gasteiger charge is 2.52. The molecule has 0 unspecified atom stereocenters. The molecule has 0 fully saturated rings. The molecular weight excluding hydrogens is 1110 g/mol. The Morgan fingerprint density at radius 2 is 0.717 bits per heavy atom. The van der Waals surface area contributed by atoms with Gasteiger partial charge in [0.1, 0.15) is 23.0 Å². The van der Waals surface area contributed by atoms with Crippen molar-refractivity contribution in [1.82, 2.24) is 4.57 Å². The highest BCUT2D eigenvalue weighted by molar-refractivity contribution is 7.02. The zero-order chi connectivity index (χ0) is 63.7. The fraction of sp³-hybridized carbons (Fsp3) is 0.233. The molecule has 12 aromatic rings. The summed E-state index contributed by atoms with van der Waals surface area (Å²) in [6.07, 6.45) is 1.80. The molecule has 0 amide bonds. The maximum absolute atomic E-state index is 7.92. The molecule has 0 saturated heterocycles. The van der Waals surface area contributed by atoms with Crippen molar-refractivity contribution in [2.45, 2.75) is 131 Å². The molecule has 0 radical (unpaired) electrons. The quantitative estimate of drug-likeness (QED) is 0.149. The summed E-state index contributed by atoms with van der Waals surface area (Å²) in [6, 6.07) is 79.6. The first-order chi connectivity index (χ1) is 44.0. The molecule has 6 heteroatoms. The van der Waals surface area contributed by atoms with Crippen LogP contribution < -0.4 is 47.2 Å². The van der Waals surface area contributed by atoms with Crippen LogP contribution >= 0.6 is 0 Å². The van der Waals surface area contributed by atoms with E-state index < -0.39 is 0 Å². The maximum atomic E-state index is 7.92. The summed E-state index contributed by atoms with van der Waals surface area (Å²) in [5, 5.41) is 2.43. The predicted octanol–water partition coefficient (Wildman–Crippen LogP) is 19.1. The summed E-state index contributed by atoms with van der Waals surface area (Å²) < 4.78 is 18.4. The number of anilines is 3. The van der Waals surface area contributed by atoms with Gasteiger partial charge in [0, 0.05) is 38.6 Å². The molecule has 0 spiro atoms. The molecule has 4 aliphatic heterocycles. The Balaban J connectivity index is 1.02.